The number of ether oxygens (including phenoxy) is 1. The molecule has 0 bridgehead atoms. The molecule has 0 heterocycles. The SMILES string of the molecule is COC(=O)CNC(=O)Nc1ccc(C=CC(=O)O)cc1. The second-order valence-corrected chi connectivity index (χ2v) is 3.68. The van der Waals surface area contributed by atoms with Crippen LogP contribution in [0, 0.1) is 0 Å². The first kappa shape index (κ1) is 15.2. The van der Waals surface area contributed by atoms with Crippen molar-refractivity contribution in [3.63, 3.8) is 0 Å². The number of carbonyl (C=O) groups excluding carboxylic acids is 2. The molecule has 0 spiro atoms. The van der Waals surface area contributed by atoms with Crippen LogP contribution in [0.5, 0.6) is 0 Å². The number of nitrogens with one attached hydrogen (secondary N) is 2. The number of methoxy groups -OCH3 is 1. The molecule has 0 unspecified atom stereocenters. The predicted molar refractivity (Wildman–Crippen MR) is 72.1 cm³/mol. The topological polar surface area (TPSA) is 105 Å². The van der Waals surface area contributed by atoms with E-state index in [1.54, 1.807) is 24.3 Å². The Kier molecular flexibility index (Phi) is 5.76. The number of esters is 1. The zero-order valence-electron chi connectivity index (χ0n) is 10.8. The van der Waals surface area contributed by atoms with Crippen molar-refractivity contribution in [2.24, 2.45) is 0 Å². The smallest absolute Gasteiger partial charge is 0.328 e. The lowest BCUT2D eigenvalue weighted by atomic mass is 10.2. The van der Waals surface area contributed by atoms with Crippen LogP contribution in [-0.2, 0) is 14.3 Å². The molecule has 0 aliphatic rings. The molecule has 0 fully saturated rings. The maximum Gasteiger partial charge on any atom is 0.328 e. The van der Waals surface area contributed by atoms with E-state index in [4.69, 9.17) is 5.11 Å². The van der Waals surface area contributed by atoms with Crippen molar-refractivity contribution in [2.45, 2.75) is 0 Å². The first-order chi connectivity index (χ1) is 9.51. The molecule has 3 N–H and O–H groups in total. The van der Waals surface area contributed by atoms with Gasteiger partial charge in [0, 0.05) is 11.8 Å². The number of hydrogen-bond donors (Lipinski definition) is 3. The number of amides is 2. The normalized spacial score (nSPS) is 10.1. The number of carbonyl (C=O) groups is 3. The van der Waals surface area contributed by atoms with Gasteiger partial charge in [-0.2, -0.15) is 0 Å². The molecule has 0 aliphatic heterocycles. The summed E-state index contributed by atoms with van der Waals surface area (Å²) in [6.07, 6.45) is 2.45. The van der Waals surface area contributed by atoms with E-state index >= 15 is 0 Å². The lowest BCUT2D eigenvalue weighted by Gasteiger charge is -2.06. The van der Waals surface area contributed by atoms with Crippen LogP contribution in [0.4, 0.5) is 10.5 Å². The van der Waals surface area contributed by atoms with Crippen LogP contribution in [0.15, 0.2) is 30.3 Å². The number of carboxylic acid groups (broad SMARTS) is 1. The van der Waals surface area contributed by atoms with E-state index in [9.17, 15) is 14.4 Å². The Balaban J connectivity index is 2.50. The number of aliphatic carboxylic acids is 1. The Bertz CT molecular complexity index is 522. The maximum atomic E-state index is 11.4. The van der Waals surface area contributed by atoms with E-state index < -0.39 is 18.0 Å². The van der Waals surface area contributed by atoms with Crippen LogP contribution in [0.25, 0.3) is 6.08 Å². The second kappa shape index (κ2) is 7.57. The standard InChI is InChI=1S/C13H14N2O5/c1-20-12(18)8-14-13(19)15-10-5-2-9(3-6-10)4-7-11(16)17/h2-7H,8H2,1H3,(H,16,17)(H2,14,15,19). The maximum absolute atomic E-state index is 11.4. The molecule has 7 nitrogen and oxygen atoms in total. The van der Waals surface area contributed by atoms with Gasteiger partial charge in [0.25, 0.3) is 0 Å². The molecular formula is C13H14N2O5. The number of hydrogen-bond acceptors (Lipinski definition) is 4. The summed E-state index contributed by atoms with van der Waals surface area (Å²) in [7, 11) is 1.23. The number of carboxylic acids is 1. The van der Waals surface area contributed by atoms with Crippen molar-refractivity contribution in [3.8, 4) is 0 Å². The fourth-order valence-electron chi connectivity index (χ4n) is 1.24. The van der Waals surface area contributed by atoms with E-state index in [2.05, 4.69) is 15.4 Å². The first-order valence-corrected chi connectivity index (χ1v) is 5.64. The Morgan fingerprint density at radius 2 is 1.90 bits per heavy atom. The zero-order valence-corrected chi connectivity index (χ0v) is 10.8. The predicted octanol–water partition coefficient (Wildman–Crippen LogP) is 1.08. The fourth-order valence-corrected chi connectivity index (χ4v) is 1.24. The largest absolute Gasteiger partial charge is 0.478 e. The molecule has 0 radical (unpaired) electrons. The molecular weight excluding hydrogens is 264 g/mol. The summed E-state index contributed by atoms with van der Waals surface area (Å²) < 4.78 is 4.38. The van der Waals surface area contributed by atoms with Gasteiger partial charge in [0.05, 0.1) is 7.11 Å². The van der Waals surface area contributed by atoms with Crippen molar-refractivity contribution in [1.29, 1.82) is 0 Å². The minimum Gasteiger partial charge on any atom is -0.478 e. The van der Waals surface area contributed by atoms with Crippen LogP contribution < -0.4 is 10.6 Å². The summed E-state index contributed by atoms with van der Waals surface area (Å²) in [4.78, 5) is 32.6. The molecule has 2 amide bonds. The van der Waals surface area contributed by atoms with Crippen LogP contribution >= 0.6 is 0 Å². The number of benzene rings is 1. The third-order valence-corrected chi connectivity index (χ3v) is 2.21. The number of anilines is 1. The van der Waals surface area contributed by atoms with Crippen LogP contribution in [0.1, 0.15) is 5.56 Å². The summed E-state index contributed by atoms with van der Waals surface area (Å²) in [6, 6.07) is 5.98. The van der Waals surface area contributed by atoms with Crippen molar-refractivity contribution in [2.75, 3.05) is 19.0 Å². The van der Waals surface area contributed by atoms with E-state index in [1.165, 1.54) is 13.2 Å². The minimum atomic E-state index is -1.03. The quantitative estimate of drug-likeness (QED) is 0.552. The summed E-state index contributed by atoms with van der Waals surface area (Å²) in [5, 5.41) is 13.3. The van der Waals surface area contributed by atoms with Gasteiger partial charge >= 0.3 is 18.0 Å². The lowest BCUT2D eigenvalue weighted by molar-refractivity contribution is -0.139. The molecule has 0 saturated heterocycles. The average Bonchev–Trinajstić information content (AvgIpc) is 2.44. The Hall–Kier alpha value is -2.83. The summed E-state index contributed by atoms with van der Waals surface area (Å²) in [5.74, 6) is -1.58. The van der Waals surface area contributed by atoms with Gasteiger partial charge in [-0.1, -0.05) is 12.1 Å². The summed E-state index contributed by atoms with van der Waals surface area (Å²) in [5.41, 5.74) is 1.20. The van der Waals surface area contributed by atoms with Gasteiger partial charge in [-0.25, -0.2) is 9.59 Å². The first-order valence-electron chi connectivity index (χ1n) is 5.64. The van der Waals surface area contributed by atoms with Crippen molar-refractivity contribution in [3.05, 3.63) is 35.9 Å². The van der Waals surface area contributed by atoms with Crippen LogP contribution in [-0.4, -0.2) is 36.7 Å². The molecule has 7 heteroatoms. The number of rotatable bonds is 5. The molecule has 0 aliphatic carbocycles. The molecule has 1 rings (SSSR count). The van der Waals surface area contributed by atoms with Crippen LogP contribution in [0.2, 0.25) is 0 Å². The highest BCUT2D eigenvalue weighted by Crippen LogP contribution is 2.10. The van der Waals surface area contributed by atoms with Gasteiger partial charge in [-0.15, -0.1) is 0 Å². The highest BCUT2D eigenvalue weighted by molar-refractivity contribution is 5.91. The molecule has 1 aromatic rings. The molecule has 20 heavy (non-hydrogen) atoms. The third kappa shape index (κ3) is 5.67. The minimum absolute atomic E-state index is 0.220. The molecule has 106 valence electrons. The second-order valence-electron chi connectivity index (χ2n) is 3.68. The molecule has 0 aromatic heterocycles. The Morgan fingerprint density at radius 3 is 2.45 bits per heavy atom. The summed E-state index contributed by atoms with van der Waals surface area (Å²) >= 11 is 0. The van der Waals surface area contributed by atoms with Gasteiger partial charge in [-0.3, -0.25) is 4.79 Å². The molecule has 1 aromatic carbocycles. The van der Waals surface area contributed by atoms with Crippen molar-refractivity contribution >= 4 is 29.7 Å². The van der Waals surface area contributed by atoms with Crippen molar-refractivity contribution in [1.82, 2.24) is 5.32 Å². The zero-order chi connectivity index (χ0) is 15.0. The van der Waals surface area contributed by atoms with Crippen LogP contribution in [0.3, 0.4) is 0 Å². The van der Waals surface area contributed by atoms with E-state index in [0.29, 0.717) is 11.3 Å². The highest BCUT2D eigenvalue weighted by atomic mass is 16.5. The highest BCUT2D eigenvalue weighted by Gasteiger charge is 2.04. The monoisotopic (exact) mass is 278 g/mol. The lowest BCUT2D eigenvalue weighted by Crippen LogP contribution is -2.33. The van der Waals surface area contributed by atoms with E-state index in [0.717, 1.165) is 6.08 Å². The number of urea groups is 1. The summed E-state index contributed by atoms with van der Waals surface area (Å²) in [6.45, 7) is -0.220. The van der Waals surface area contributed by atoms with Gasteiger partial charge in [0.15, 0.2) is 0 Å². The Morgan fingerprint density at radius 1 is 1.25 bits per heavy atom. The van der Waals surface area contributed by atoms with Gasteiger partial charge in [0.1, 0.15) is 6.54 Å². The molecule has 0 saturated carbocycles. The third-order valence-electron chi connectivity index (χ3n) is 2.21. The fraction of sp³-hybridized carbons (Fsp3) is 0.154. The Labute approximate surface area is 115 Å². The molecule has 0 atom stereocenters. The van der Waals surface area contributed by atoms with E-state index in [1.807, 2.05) is 0 Å². The van der Waals surface area contributed by atoms with Crippen molar-refractivity contribution < 1.29 is 24.2 Å². The van der Waals surface area contributed by atoms with Gasteiger partial charge in [-0.05, 0) is 23.8 Å². The van der Waals surface area contributed by atoms with E-state index in [-0.39, 0.29) is 6.54 Å². The average molecular weight is 278 g/mol. The van der Waals surface area contributed by atoms with Gasteiger partial charge in [0.2, 0.25) is 0 Å². The van der Waals surface area contributed by atoms with Gasteiger partial charge < -0.3 is 20.5 Å².